The summed E-state index contributed by atoms with van der Waals surface area (Å²) in [5.74, 6) is -0.651. The molecule has 0 saturated carbocycles. The van der Waals surface area contributed by atoms with Gasteiger partial charge in [0, 0.05) is 11.5 Å². The number of carbonyl (C=O) groups is 2. The molecule has 1 amide bonds. The summed E-state index contributed by atoms with van der Waals surface area (Å²) in [5, 5.41) is 8.97. The molecule has 0 aliphatic carbocycles. The highest BCUT2D eigenvalue weighted by Crippen LogP contribution is 2.41. The molecule has 2 rings (SSSR count). The first-order valence-electron chi connectivity index (χ1n) is 5.28. The number of carbonyl (C=O) groups excluding carboxylic acids is 1. The molecule has 1 N–H and O–H groups in total. The number of nitrogens with zero attached hydrogens (tertiary/aromatic N) is 2. The number of rotatable bonds is 2. The average Bonchev–Trinajstić information content (AvgIpc) is 2.24. The Hall–Kier alpha value is -1.30. The molecule has 0 aromatic carbocycles. The van der Waals surface area contributed by atoms with E-state index >= 15 is 0 Å². The lowest BCUT2D eigenvalue weighted by atomic mass is 9.99. The molecule has 2 saturated heterocycles. The second kappa shape index (κ2) is 4.18. The summed E-state index contributed by atoms with van der Waals surface area (Å²) >= 11 is 1.53. The third kappa shape index (κ3) is 1.86. The molecule has 2 aliphatic heterocycles. The van der Waals surface area contributed by atoms with Crippen molar-refractivity contribution in [1.82, 2.24) is 4.90 Å². The van der Waals surface area contributed by atoms with E-state index in [9.17, 15) is 9.59 Å². The second-order valence-corrected chi connectivity index (χ2v) is 5.47. The predicted molar refractivity (Wildman–Crippen MR) is 66.2 cm³/mol. The molecule has 17 heavy (non-hydrogen) atoms. The smallest absolute Gasteiger partial charge is 0.330 e. The van der Waals surface area contributed by atoms with Gasteiger partial charge in [0.15, 0.2) is 12.1 Å². The number of carboxylic acids is 1. The maximum Gasteiger partial charge on any atom is 0.330 e. The third-order valence-electron chi connectivity index (χ3n) is 2.79. The fraction of sp³-hybridized carbons (Fsp3) is 0.545. The van der Waals surface area contributed by atoms with Gasteiger partial charge in [-0.15, -0.1) is 11.8 Å². The lowest BCUT2D eigenvalue weighted by molar-refractivity contribution is -0.157. The Morgan fingerprint density at radius 1 is 1.59 bits per heavy atom. The van der Waals surface area contributed by atoms with Gasteiger partial charge in [-0.25, -0.2) is 4.79 Å². The van der Waals surface area contributed by atoms with E-state index in [0.29, 0.717) is 11.3 Å². The lowest BCUT2D eigenvalue weighted by Crippen LogP contribution is -2.69. The predicted octanol–water partition coefficient (Wildman–Crippen LogP) is 0.760. The summed E-state index contributed by atoms with van der Waals surface area (Å²) in [6.07, 6.45) is 0. The van der Waals surface area contributed by atoms with Gasteiger partial charge in [-0.05, 0) is 19.4 Å². The first-order valence-corrected chi connectivity index (χ1v) is 6.33. The van der Waals surface area contributed by atoms with Gasteiger partial charge in [-0.3, -0.25) is 9.79 Å². The molecule has 2 fully saturated rings. The number of amides is 1. The first-order chi connectivity index (χ1) is 7.93. The summed E-state index contributed by atoms with van der Waals surface area (Å²) in [7, 11) is 0. The molecule has 0 aromatic rings. The van der Waals surface area contributed by atoms with Crippen LogP contribution < -0.4 is 0 Å². The van der Waals surface area contributed by atoms with Crippen LogP contribution in [0, 0.1) is 0 Å². The van der Waals surface area contributed by atoms with Crippen LogP contribution in [0.2, 0.25) is 0 Å². The molecule has 2 unspecified atom stereocenters. The van der Waals surface area contributed by atoms with Crippen LogP contribution in [0.3, 0.4) is 0 Å². The highest BCUT2D eigenvalue weighted by atomic mass is 32.2. The van der Waals surface area contributed by atoms with Crippen molar-refractivity contribution < 1.29 is 14.7 Å². The lowest BCUT2D eigenvalue weighted by Gasteiger charge is -2.51. The molecule has 0 radical (unpaired) electrons. The van der Waals surface area contributed by atoms with Crippen LogP contribution in [0.15, 0.2) is 17.1 Å². The largest absolute Gasteiger partial charge is 0.479 e. The van der Waals surface area contributed by atoms with Crippen LogP contribution in [-0.4, -0.2) is 50.8 Å². The highest BCUT2D eigenvalue weighted by molar-refractivity contribution is 8.00. The van der Waals surface area contributed by atoms with E-state index < -0.39 is 18.1 Å². The fourth-order valence-electron chi connectivity index (χ4n) is 2.07. The first kappa shape index (κ1) is 12.2. The van der Waals surface area contributed by atoms with E-state index in [-0.39, 0.29) is 11.3 Å². The van der Waals surface area contributed by atoms with Crippen molar-refractivity contribution in [3.05, 3.63) is 12.2 Å². The number of fused-ring (bicyclic) bond motifs is 1. The molecule has 3 atom stereocenters. The Bertz CT molecular complexity index is 428. The van der Waals surface area contributed by atoms with Gasteiger partial charge in [-0.1, -0.05) is 6.58 Å². The average molecular weight is 254 g/mol. The quantitative estimate of drug-likeness (QED) is 0.449. The van der Waals surface area contributed by atoms with Gasteiger partial charge in [0.05, 0.1) is 0 Å². The Morgan fingerprint density at radius 3 is 2.76 bits per heavy atom. The normalized spacial score (nSPS) is 31.6. The summed E-state index contributed by atoms with van der Waals surface area (Å²) < 4.78 is 0. The van der Waals surface area contributed by atoms with Crippen molar-refractivity contribution in [2.24, 2.45) is 4.99 Å². The van der Waals surface area contributed by atoms with Crippen molar-refractivity contribution in [1.29, 1.82) is 0 Å². The third-order valence-corrected chi connectivity index (χ3v) is 4.15. The zero-order chi connectivity index (χ0) is 12.7. The Balaban J connectivity index is 2.23. The minimum atomic E-state index is -1.01. The molecular weight excluding hydrogens is 240 g/mol. The van der Waals surface area contributed by atoms with Crippen LogP contribution in [0.5, 0.6) is 0 Å². The molecule has 5 nitrogen and oxygen atoms in total. The number of aliphatic imine (C=N–C) groups is 1. The van der Waals surface area contributed by atoms with Gasteiger partial charge < -0.3 is 10.0 Å². The van der Waals surface area contributed by atoms with E-state index in [4.69, 9.17) is 5.11 Å². The van der Waals surface area contributed by atoms with Crippen LogP contribution in [0.25, 0.3) is 0 Å². The molecule has 6 heteroatoms. The molecule has 0 aromatic heterocycles. The van der Waals surface area contributed by atoms with Gasteiger partial charge in [0.1, 0.15) is 5.37 Å². The zero-order valence-electron chi connectivity index (χ0n) is 9.71. The molecule has 92 valence electrons. The van der Waals surface area contributed by atoms with Crippen LogP contribution in [0.4, 0.5) is 0 Å². The van der Waals surface area contributed by atoms with Gasteiger partial charge in [0.2, 0.25) is 0 Å². The van der Waals surface area contributed by atoms with Gasteiger partial charge in [0.25, 0.3) is 5.91 Å². The van der Waals surface area contributed by atoms with Crippen molar-refractivity contribution in [3.63, 3.8) is 0 Å². The standard InChI is InChI=1S/C11H14N2O3S/c1-5(2)12-7-9(14)13-8(11(15)16)6(3)4-17-10(7)13/h7-8,10H,3-4H2,1-2H3,(H,15,16)/t7?,8?,10-/m1/s1. The van der Waals surface area contributed by atoms with Gasteiger partial charge in [-0.2, -0.15) is 0 Å². The number of hydrogen-bond acceptors (Lipinski definition) is 4. The summed E-state index contributed by atoms with van der Waals surface area (Å²) in [6, 6.07) is -1.29. The van der Waals surface area contributed by atoms with Crippen molar-refractivity contribution in [2.75, 3.05) is 5.75 Å². The van der Waals surface area contributed by atoms with Crippen LogP contribution in [0.1, 0.15) is 13.8 Å². The molecule has 2 aliphatic rings. The fourth-order valence-corrected chi connectivity index (χ4v) is 3.36. The topological polar surface area (TPSA) is 70.0 Å². The van der Waals surface area contributed by atoms with E-state index in [2.05, 4.69) is 11.6 Å². The van der Waals surface area contributed by atoms with Crippen molar-refractivity contribution in [2.45, 2.75) is 31.3 Å². The van der Waals surface area contributed by atoms with E-state index in [1.54, 1.807) is 0 Å². The molecule has 0 bridgehead atoms. The monoisotopic (exact) mass is 254 g/mol. The second-order valence-electron chi connectivity index (χ2n) is 4.37. The zero-order valence-corrected chi connectivity index (χ0v) is 10.5. The number of carboxylic acid groups (broad SMARTS) is 1. The Labute approximate surface area is 104 Å². The number of thioether (sulfide) groups is 1. The minimum Gasteiger partial charge on any atom is -0.479 e. The minimum absolute atomic E-state index is 0.149. The number of aliphatic carboxylic acids is 1. The van der Waals surface area contributed by atoms with Gasteiger partial charge >= 0.3 is 5.97 Å². The summed E-state index contributed by atoms with van der Waals surface area (Å²) in [4.78, 5) is 28.7. The number of hydrogen-bond donors (Lipinski definition) is 1. The summed E-state index contributed by atoms with van der Waals surface area (Å²) in [5.41, 5.74) is 1.41. The Kier molecular flexibility index (Phi) is 2.99. The Morgan fingerprint density at radius 2 is 2.24 bits per heavy atom. The van der Waals surface area contributed by atoms with E-state index in [1.807, 2.05) is 13.8 Å². The molecule has 0 spiro atoms. The van der Waals surface area contributed by atoms with E-state index in [1.165, 1.54) is 16.7 Å². The van der Waals surface area contributed by atoms with Crippen molar-refractivity contribution >= 4 is 29.4 Å². The SMILES string of the molecule is C=C1CS[C@@H]2C(N=C(C)C)C(=O)N2C1C(=O)O. The maximum absolute atomic E-state index is 11.9. The highest BCUT2D eigenvalue weighted by Gasteiger charge is 2.55. The molecule has 2 heterocycles. The number of β-lactam (4-membered cyclic amide) rings is 1. The van der Waals surface area contributed by atoms with Crippen LogP contribution in [-0.2, 0) is 9.59 Å². The van der Waals surface area contributed by atoms with Crippen molar-refractivity contribution in [3.8, 4) is 0 Å². The summed E-state index contributed by atoms with van der Waals surface area (Å²) in [6.45, 7) is 7.39. The molecular formula is C11H14N2O3S. The maximum atomic E-state index is 11.9. The van der Waals surface area contributed by atoms with E-state index in [0.717, 1.165) is 5.71 Å². The van der Waals surface area contributed by atoms with Crippen LogP contribution >= 0.6 is 11.8 Å².